The number of carbonyl (C=O) groups excluding carboxylic acids is 2. The van der Waals surface area contributed by atoms with E-state index in [0.717, 1.165) is 38.3 Å². The van der Waals surface area contributed by atoms with Gasteiger partial charge in [0.2, 0.25) is 0 Å². The summed E-state index contributed by atoms with van der Waals surface area (Å²) >= 11 is 0. The number of hydrogen-bond donors (Lipinski definition) is 1. The van der Waals surface area contributed by atoms with Crippen LogP contribution in [0.3, 0.4) is 0 Å². The van der Waals surface area contributed by atoms with Crippen LogP contribution in [0.25, 0.3) is 0 Å². The lowest BCUT2D eigenvalue weighted by Gasteiger charge is -2.34. The molecule has 27 heavy (non-hydrogen) atoms. The van der Waals surface area contributed by atoms with Crippen LogP contribution in [-0.4, -0.2) is 54.3 Å². The Bertz CT molecular complexity index is 776. The van der Waals surface area contributed by atoms with Crippen LogP contribution in [0.5, 0.6) is 0 Å². The fourth-order valence-electron chi connectivity index (χ4n) is 3.20. The molecule has 1 heterocycles. The molecule has 0 spiro atoms. The summed E-state index contributed by atoms with van der Waals surface area (Å²) < 4.78 is 0. The number of hydrogen-bond acceptors (Lipinski definition) is 3. The molecular weight excluding hydrogens is 338 g/mol. The van der Waals surface area contributed by atoms with Crippen LogP contribution in [0.4, 0.5) is 0 Å². The van der Waals surface area contributed by atoms with Gasteiger partial charge >= 0.3 is 0 Å². The van der Waals surface area contributed by atoms with Crippen LogP contribution < -0.4 is 5.32 Å². The SMILES string of the molecule is CCN1CCN(C(=O)c2ccc(C(=O)NCc3ccc(C)cc3)cc2)CC1. The molecule has 2 amide bonds. The van der Waals surface area contributed by atoms with E-state index in [4.69, 9.17) is 0 Å². The maximum Gasteiger partial charge on any atom is 0.253 e. The van der Waals surface area contributed by atoms with Crippen molar-refractivity contribution in [3.63, 3.8) is 0 Å². The molecule has 3 rings (SSSR count). The molecule has 1 fully saturated rings. The van der Waals surface area contributed by atoms with E-state index in [0.29, 0.717) is 17.7 Å². The van der Waals surface area contributed by atoms with Gasteiger partial charge < -0.3 is 15.1 Å². The third-order valence-electron chi connectivity index (χ3n) is 5.07. The van der Waals surface area contributed by atoms with Crippen molar-refractivity contribution in [2.45, 2.75) is 20.4 Å². The zero-order valence-corrected chi connectivity index (χ0v) is 16.1. The first kappa shape index (κ1) is 19.1. The first-order chi connectivity index (χ1) is 13.1. The third kappa shape index (κ3) is 4.95. The summed E-state index contributed by atoms with van der Waals surface area (Å²) in [7, 11) is 0. The molecule has 0 aliphatic carbocycles. The van der Waals surface area contributed by atoms with Gasteiger partial charge in [0.25, 0.3) is 11.8 Å². The lowest BCUT2D eigenvalue weighted by Crippen LogP contribution is -2.48. The Hall–Kier alpha value is -2.66. The fourth-order valence-corrected chi connectivity index (χ4v) is 3.20. The molecule has 0 unspecified atom stereocenters. The van der Waals surface area contributed by atoms with Gasteiger partial charge in [-0.05, 0) is 43.3 Å². The Morgan fingerprint density at radius 2 is 1.48 bits per heavy atom. The molecule has 1 aliphatic heterocycles. The molecule has 0 bridgehead atoms. The molecule has 0 saturated carbocycles. The molecule has 1 aliphatic rings. The van der Waals surface area contributed by atoms with Gasteiger partial charge in [-0.2, -0.15) is 0 Å². The second-order valence-corrected chi connectivity index (χ2v) is 6.97. The Morgan fingerprint density at radius 3 is 2.07 bits per heavy atom. The van der Waals surface area contributed by atoms with Crippen molar-refractivity contribution in [2.24, 2.45) is 0 Å². The zero-order chi connectivity index (χ0) is 19.2. The van der Waals surface area contributed by atoms with E-state index < -0.39 is 0 Å². The Labute approximate surface area is 161 Å². The largest absolute Gasteiger partial charge is 0.348 e. The number of piperazine rings is 1. The van der Waals surface area contributed by atoms with Crippen molar-refractivity contribution in [3.8, 4) is 0 Å². The highest BCUT2D eigenvalue weighted by atomic mass is 16.2. The lowest BCUT2D eigenvalue weighted by molar-refractivity contribution is 0.0643. The van der Waals surface area contributed by atoms with Gasteiger partial charge in [0.15, 0.2) is 0 Å². The van der Waals surface area contributed by atoms with Crippen LogP contribution in [0.1, 0.15) is 38.8 Å². The second-order valence-electron chi connectivity index (χ2n) is 6.97. The van der Waals surface area contributed by atoms with Gasteiger partial charge in [0.1, 0.15) is 0 Å². The van der Waals surface area contributed by atoms with Crippen LogP contribution >= 0.6 is 0 Å². The van der Waals surface area contributed by atoms with E-state index in [1.54, 1.807) is 24.3 Å². The number of benzene rings is 2. The molecule has 0 atom stereocenters. The number of likely N-dealkylation sites (N-methyl/N-ethyl adjacent to an activating group) is 1. The number of aryl methyl sites for hydroxylation is 1. The predicted molar refractivity (Wildman–Crippen MR) is 107 cm³/mol. The van der Waals surface area contributed by atoms with Crippen molar-refractivity contribution in [1.29, 1.82) is 0 Å². The molecule has 2 aromatic carbocycles. The minimum absolute atomic E-state index is 0.0392. The number of carbonyl (C=O) groups is 2. The standard InChI is InChI=1S/C22H27N3O2/c1-3-24-12-14-25(15-13-24)22(27)20-10-8-19(9-11-20)21(26)23-16-18-6-4-17(2)5-7-18/h4-11H,3,12-16H2,1-2H3,(H,23,26). The zero-order valence-electron chi connectivity index (χ0n) is 16.1. The molecule has 0 aromatic heterocycles. The number of nitrogens with zero attached hydrogens (tertiary/aromatic N) is 2. The second kappa shape index (κ2) is 8.82. The quantitative estimate of drug-likeness (QED) is 0.886. The molecule has 1 N–H and O–H groups in total. The van der Waals surface area contributed by atoms with Crippen molar-refractivity contribution < 1.29 is 9.59 Å². The maximum absolute atomic E-state index is 12.6. The lowest BCUT2D eigenvalue weighted by atomic mass is 10.1. The van der Waals surface area contributed by atoms with Crippen molar-refractivity contribution in [2.75, 3.05) is 32.7 Å². The number of nitrogens with one attached hydrogen (secondary N) is 1. The highest BCUT2D eigenvalue weighted by Crippen LogP contribution is 2.11. The molecule has 0 radical (unpaired) electrons. The number of amides is 2. The van der Waals surface area contributed by atoms with Gasteiger partial charge in [-0.25, -0.2) is 0 Å². The first-order valence-electron chi connectivity index (χ1n) is 9.52. The van der Waals surface area contributed by atoms with Crippen LogP contribution in [0, 0.1) is 6.92 Å². The highest BCUT2D eigenvalue weighted by Gasteiger charge is 2.21. The van der Waals surface area contributed by atoms with Gasteiger partial charge in [-0.3, -0.25) is 9.59 Å². The number of rotatable bonds is 5. The smallest absolute Gasteiger partial charge is 0.253 e. The van der Waals surface area contributed by atoms with E-state index in [1.807, 2.05) is 36.1 Å². The summed E-state index contributed by atoms with van der Waals surface area (Å²) in [5.41, 5.74) is 3.46. The van der Waals surface area contributed by atoms with Crippen molar-refractivity contribution in [3.05, 3.63) is 70.8 Å². The van der Waals surface area contributed by atoms with Crippen LogP contribution in [0.15, 0.2) is 48.5 Å². The molecule has 1 saturated heterocycles. The van der Waals surface area contributed by atoms with E-state index in [9.17, 15) is 9.59 Å². The summed E-state index contributed by atoms with van der Waals surface area (Å²) in [6.07, 6.45) is 0. The Kier molecular flexibility index (Phi) is 6.24. The topological polar surface area (TPSA) is 52.7 Å². The summed E-state index contributed by atoms with van der Waals surface area (Å²) in [4.78, 5) is 29.2. The predicted octanol–water partition coefficient (Wildman–Crippen LogP) is 2.70. The average Bonchev–Trinajstić information content (AvgIpc) is 2.73. The van der Waals surface area contributed by atoms with Crippen molar-refractivity contribution in [1.82, 2.24) is 15.1 Å². The van der Waals surface area contributed by atoms with E-state index >= 15 is 0 Å². The van der Waals surface area contributed by atoms with Gasteiger partial charge in [0, 0.05) is 43.9 Å². The molecular formula is C22H27N3O2. The van der Waals surface area contributed by atoms with E-state index in [2.05, 4.69) is 17.1 Å². The average molecular weight is 365 g/mol. The maximum atomic E-state index is 12.6. The van der Waals surface area contributed by atoms with Crippen LogP contribution in [0.2, 0.25) is 0 Å². The van der Waals surface area contributed by atoms with E-state index in [1.165, 1.54) is 5.56 Å². The minimum atomic E-state index is -0.133. The summed E-state index contributed by atoms with van der Waals surface area (Å²) in [6, 6.07) is 15.0. The molecule has 5 nitrogen and oxygen atoms in total. The third-order valence-corrected chi connectivity index (χ3v) is 5.07. The van der Waals surface area contributed by atoms with Crippen LogP contribution in [-0.2, 0) is 6.54 Å². The fraction of sp³-hybridized carbons (Fsp3) is 0.364. The van der Waals surface area contributed by atoms with Gasteiger partial charge in [-0.1, -0.05) is 36.8 Å². The Balaban J connectivity index is 1.55. The van der Waals surface area contributed by atoms with Gasteiger partial charge in [-0.15, -0.1) is 0 Å². The molecule has 2 aromatic rings. The monoisotopic (exact) mass is 365 g/mol. The first-order valence-corrected chi connectivity index (χ1v) is 9.52. The summed E-state index contributed by atoms with van der Waals surface area (Å²) in [5, 5.41) is 2.92. The Morgan fingerprint density at radius 1 is 0.889 bits per heavy atom. The normalized spacial score (nSPS) is 14.8. The summed E-state index contributed by atoms with van der Waals surface area (Å²) in [6.45, 7) is 9.03. The summed E-state index contributed by atoms with van der Waals surface area (Å²) in [5.74, 6) is -0.0940. The van der Waals surface area contributed by atoms with Crippen molar-refractivity contribution >= 4 is 11.8 Å². The minimum Gasteiger partial charge on any atom is -0.348 e. The van der Waals surface area contributed by atoms with Gasteiger partial charge in [0.05, 0.1) is 0 Å². The molecule has 5 heteroatoms. The molecule has 142 valence electrons. The highest BCUT2D eigenvalue weighted by molar-refractivity contribution is 5.97. The van der Waals surface area contributed by atoms with E-state index in [-0.39, 0.29) is 11.8 Å².